The number of aliphatic carboxylic acids is 1. The van der Waals surface area contributed by atoms with Crippen molar-refractivity contribution < 1.29 is 15.0 Å². The second-order valence-electron chi connectivity index (χ2n) is 5.24. The molecule has 1 aliphatic rings. The molecule has 0 saturated heterocycles. The zero-order valence-electron chi connectivity index (χ0n) is 10.6. The van der Waals surface area contributed by atoms with Crippen LogP contribution in [0.1, 0.15) is 36.8 Å². The van der Waals surface area contributed by atoms with E-state index in [1.807, 2.05) is 24.3 Å². The monoisotopic (exact) mass is 248 g/mol. The van der Waals surface area contributed by atoms with E-state index in [0.29, 0.717) is 19.3 Å². The van der Waals surface area contributed by atoms with E-state index in [-0.39, 0.29) is 6.61 Å². The molecule has 2 rings (SSSR count). The van der Waals surface area contributed by atoms with Crippen LogP contribution in [-0.2, 0) is 17.6 Å². The fourth-order valence-electron chi connectivity index (χ4n) is 2.88. The first kappa shape index (κ1) is 13.1. The number of fused-ring (bicyclic) bond motifs is 1. The van der Waals surface area contributed by atoms with E-state index in [2.05, 4.69) is 0 Å². The first-order chi connectivity index (χ1) is 8.68. The minimum atomic E-state index is -0.678. The second kappa shape index (κ2) is 5.53. The van der Waals surface area contributed by atoms with Crippen molar-refractivity contribution in [3.8, 4) is 0 Å². The summed E-state index contributed by atoms with van der Waals surface area (Å²) in [7, 11) is 0. The number of unbranched alkanes of at least 4 members (excludes halogenated alkanes) is 2. The molecule has 3 nitrogen and oxygen atoms in total. The first-order valence-electron chi connectivity index (χ1n) is 6.59. The number of hydrogen-bond donors (Lipinski definition) is 2. The Labute approximate surface area is 107 Å². The van der Waals surface area contributed by atoms with Crippen LogP contribution in [-0.4, -0.2) is 22.8 Å². The van der Waals surface area contributed by atoms with Gasteiger partial charge in [0.15, 0.2) is 0 Å². The van der Waals surface area contributed by atoms with Gasteiger partial charge in [-0.2, -0.15) is 0 Å². The van der Waals surface area contributed by atoms with Gasteiger partial charge >= 0.3 is 5.97 Å². The third kappa shape index (κ3) is 2.56. The lowest BCUT2D eigenvalue weighted by molar-refractivity contribution is -0.149. The van der Waals surface area contributed by atoms with Crippen LogP contribution in [0.2, 0.25) is 0 Å². The topological polar surface area (TPSA) is 57.5 Å². The van der Waals surface area contributed by atoms with Gasteiger partial charge in [0.05, 0.1) is 5.41 Å². The molecule has 18 heavy (non-hydrogen) atoms. The van der Waals surface area contributed by atoms with Gasteiger partial charge in [0.1, 0.15) is 0 Å². The van der Waals surface area contributed by atoms with E-state index in [4.69, 9.17) is 5.11 Å². The van der Waals surface area contributed by atoms with Crippen LogP contribution in [0.15, 0.2) is 24.3 Å². The fraction of sp³-hybridized carbons (Fsp3) is 0.533. The maximum atomic E-state index is 11.6. The average molecular weight is 248 g/mol. The van der Waals surface area contributed by atoms with E-state index < -0.39 is 11.4 Å². The van der Waals surface area contributed by atoms with Gasteiger partial charge in [-0.1, -0.05) is 37.1 Å². The Kier molecular flexibility index (Phi) is 4.02. The molecule has 1 aromatic carbocycles. The summed E-state index contributed by atoms with van der Waals surface area (Å²) in [5.74, 6) is -0.678. The second-order valence-corrected chi connectivity index (χ2v) is 5.24. The largest absolute Gasteiger partial charge is 0.481 e. The van der Waals surface area contributed by atoms with Crippen molar-refractivity contribution in [2.45, 2.75) is 38.5 Å². The van der Waals surface area contributed by atoms with Crippen LogP contribution >= 0.6 is 0 Å². The molecular formula is C15H20O3. The van der Waals surface area contributed by atoms with Gasteiger partial charge in [0.2, 0.25) is 0 Å². The zero-order valence-corrected chi connectivity index (χ0v) is 10.6. The Balaban J connectivity index is 2.05. The lowest BCUT2D eigenvalue weighted by Crippen LogP contribution is -2.31. The first-order valence-corrected chi connectivity index (χ1v) is 6.59. The summed E-state index contributed by atoms with van der Waals surface area (Å²) in [6.45, 7) is 0.195. The molecule has 0 saturated carbocycles. The molecule has 3 heteroatoms. The predicted octanol–water partition coefficient (Wildman–Crippen LogP) is 2.41. The summed E-state index contributed by atoms with van der Waals surface area (Å²) in [6, 6.07) is 8.02. The average Bonchev–Trinajstić information content (AvgIpc) is 2.74. The Morgan fingerprint density at radius 2 is 1.72 bits per heavy atom. The van der Waals surface area contributed by atoms with Crippen LogP contribution < -0.4 is 0 Å². The van der Waals surface area contributed by atoms with Crippen LogP contribution in [0.4, 0.5) is 0 Å². The summed E-state index contributed by atoms with van der Waals surface area (Å²) in [5, 5.41) is 18.3. The van der Waals surface area contributed by atoms with Crippen molar-refractivity contribution in [3.63, 3.8) is 0 Å². The lowest BCUT2D eigenvalue weighted by Gasteiger charge is -2.23. The summed E-state index contributed by atoms with van der Waals surface area (Å²) in [6.07, 6.45) is 4.55. The summed E-state index contributed by atoms with van der Waals surface area (Å²) in [4.78, 5) is 11.6. The molecule has 0 aromatic heterocycles. The van der Waals surface area contributed by atoms with Crippen molar-refractivity contribution in [3.05, 3.63) is 35.4 Å². The Morgan fingerprint density at radius 1 is 1.11 bits per heavy atom. The SMILES string of the molecule is O=C(O)C1(CCCCCO)Cc2ccccc2C1. The maximum absolute atomic E-state index is 11.6. The molecule has 0 aliphatic heterocycles. The highest BCUT2D eigenvalue weighted by Crippen LogP contribution is 2.41. The number of carbonyl (C=O) groups is 1. The van der Waals surface area contributed by atoms with Gasteiger partial charge in [-0.25, -0.2) is 0 Å². The summed E-state index contributed by atoms with van der Waals surface area (Å²) < 4.78 is 0. The number of rotatable bonds is 6. The fourth-order valence-corrected chi connectivity index (χ4v) is 2.88. The van der Waals surface area contributed by atoms with Crippen molar-refractivity contribution in [2.24, 2.45) is 5.41 Å². The predicted molar refractivity (Wildman–Crippen MR) is 69.5 cm³/mol. The molecule has 98 valence electrons. The van der Waals surface area contributed by atoms with Crippen molar-refractivity contribution >= 4 is 5.97 Å². The number of hydrogen-bond acceptors (Lipinski definition) is 2. The minimum absolute atomic E-state index is 0.195. The lowest BCUT2D eigenvalue weighted by atomic mass is 9.80. The normalized spacial score (nSPS) is 16.5. The van der Waals surface area contributed by atoms with Crippen LogP contribution in [0.25, 0.3) is 0 Å². The molecule has 0 atom stereocenters. The van der Waals surface area contributed by atoms with E-state index >= 15 is 0 Å². The standard InChI is InChI=1S/C15H20O3/c16-9-5-1-4-8-15(14(17)18)10-12-6-2-3-7-13(12)11-15/h2-3,6-7,16H,1,4-5,8-11H2,(H,17,18). The molecule has 0 amide bonds. The quantitative estimate of drug-likeness (QED) is 0.760. The molecule has 1 aromatic rings. The highest BCUT2D eigenvalue weighted by atomic mass is 16.4. The highest BCUT2D eigenvalue weighted by Gasteiger charge is 2.43. The van der Waals surface area contributed by atoms with Crippen LogP contribution in [0.5, 0.6) is 0 Å². The number of carboxylic acid groups (broad SMARTS) is 1. The molecule has 0 unspecified atom stereocenters. The van der Waals surface area contributed by atoms with Gasteiger partial charge in [0, 0.05) is 6.61 Å². The van der Waals surface area contributed by atoms with E-state index in [9.17, 15) is 9.90 Å². The molecule has 0 bridgehead atoms. The molecule has 0 spiro atoms. The van der Waals surface area contributed by atoms with Crippen molar-refractivity contribution in [1.29, 1.82) is 0 Å². The van der Waals surface area contributed by atoms with Gasteiger partial charge in [-0.15, -0.1) is 0 Å². The van der Waals surface area contributed by atoms with Crippen LogP contribution in [0.3, 0.4) is 0 Å². The Hall–Kier alpha value is -1.35. The minimum Gasteiger partial charge on any atom is -0.481 e. The van der Waals surface area contributed by atoms with Crippen molar-refractivity contribution in [1.82, 2.24) is 0 Å². The Morgan fingerprint density at radius 3 is 2.22 bits per heavy atom. The molecule has 2 N–H and O–H groups in total. The molecule has 1 aliphatic carbocycles. The van der Waals surface area contributed by atoms with E-state index in [1.165, 1.54) is 11.1 Å². The number of carboxylic acids is 1. The summed E-state index contributed by atoms with van der Waals surface area (Å²) in [5.41, 5.74) is 1.75. The highest BCUT2D eigenvalue weighted by molar-refractivity contribution is 5.77. The Bertz CT molecular complexity index is 401. The van der Waals surface area contributed by atoms with Gasteiger partial charge < -0.3 is 10.2 Å². The molecule has 0 heterocycles. The zero-order chi connectivity index (χ0) is 13.0. The number of aliphatic hydroxyl groups is 1. The number of aliphatic hydroxyl groups excluding tert-OH is 1. The smallest absolute Gasteiger partial charge is 0.310 e. The van der Waals surface area contributed by atoms with E-state index in [0.717, 1.165) is 19.3 Å². The molecule has 0 radical (unpaired) electrons. The van der Waals surface area contributed by atoms with Crippen LogP contribution in [0, 0.1) is 5.41 Å². The van der Waals surface area contributed by atoms with Gasteiger partial charge in [0.25, 0.3) is 0 Å². The number of benzene rings is 1. The van der Waals surface area contributed by atoms with E-state index in [1.54, 1.807) is 0 Å². The third-order valence-corrected chi connectivity index (χ3v) is 3.94. The summed E-state index contributed by atoms with van der Waals surface area (Å²) >= 11 is 0. The van der Waals surface area contributed by atoms with Crippen molar-refractivity contribution in [2.75, 3.05) is 6.61 Å². The maximum Gasteiger partial charge on any atom is 0.310 e. The third-order valence-electron chi connectivity index (χ3n) is 3.94. The molecule has 0 fully saturated rings. The molecular weight excluding hydrogens is 228 g/mol. The van der Waals surface area contributed by atoms with Gasteiger partial charge in [-0.05, 0) is 36.8 Å². The van der Waals surface area contributed by atoms with Gasteiger partial charge in [-0.3, -0.25) is 4.79 Å².